The number of carbonyl (C=O) groups excluding carboxylic acids is 3. The van der Waals surface area contributed by atoms with Crippen molar-refractivity contribution in [2.24, 2.45) is 5.41 Å². The van der Waals surface area contributed by atoms with E-state index < -0.39 is 5.41 Å². The van der Waals surface area contributed by atoms with Gasteiger partial charge in [-0.1, -0.05) is 6.92 Å². The first-order chi connectivity index (χ1) is 6.34. The van der Waals surface area contributed by atoms with Crippen LogP contribution in [-0.4, -0.2) is 17.3 Å². The van der Waals surface area contributed by atoms with Crippen molar-refractivity contribution in [3.05, 3.63) is 0 Å². The Balaban J connectivity index is 4.64. The summed E-state index contributed by atoms with van der Waals surface area (Å²) < 4.78 is 0. The highest BCUT2D eigenvalue weighted by molar-refractivity contribution is 6.05. The number of rotatable bonds is 6. The number of hydrogen-bond acceptors (Lipinski definition) is 3. The van der Waals surface area contributed by atoms with Crippen molar-refractivity contribution in [3.8, 4) is 0 Å². The maximum atomic E-state index is 11.6. The standard InChI is InChI=1S/C11H18O3/c1-5-10(14)11(4,9(3)13)7-6-8(2)12/h5-7H2,1-4H3. The van der Waals surface area contributed by atoms with Crippen LogP contribution in [0.15, 0.2) is 0 Å². The fraction of sp³-hybridized carbons (Fsp3) is 0.727. The lowest BCUT2D eigenvalue weighted by molar-refractivity contribution is -0.139. The molecule has 1 atom stereocenters. The van der Waals surface area contributed by atoms with Gasteiger partial charge in [-0.2, -0.15) is 0 Å². The topological polar surface area (TPSA) is 51.2 Å². The lowest BCUT2D eigenvalue weighted by Crippen LogP contribution is -2.35. The molecule has 3 heteroatoms. The molecular weight excluding hydrogens is 180 g/mol. The minimum Gasteiger partial charge on any atom is -0.300 e. The maximum Gasteiger partial charge on any atom is 0.145 e. The predicted octanol–water partition coefficient (Wildman–Crippen LogP) is 1.93. The summed E-state index contributed by atoms with van der Waals surface area (Å²) in [5, 5.41) is 0. The summed E-state index contributed by atoms with van der Waals surface area (Å²) in [5.41, 5.74) is -0.958. The van der Waals surface area contributed by atoms with Gasteiger partial charge in [-0.3, -0.25) is 9.59 Å². The summed E-state index contributed by atoms with van der Waals surface area (Å²) in [6.45, 7) is 6.24. The minimum absolute atomic E-state index is 0.0152. The monoisotopic (exact) mass is 198 g/mol. The zero-order chi connectivity index (χ0) is 11.4. The third-order valence-corrected chi connectivity index (χ3v) is 2.69. The molecule has 0 bridgehead atoms. The van der Waals surface area contributed by atoms with E-state index in [0.717, 1.165) is 0 Å². The molecule has 80 valence electrons. The first kappa shape index (κ1) is 13.0. The lowest BCUT2D eigenvalue weighted by Gasteiger charge is -2.23. The lowest BCUT2D eigenvalue weighted by atomic mass is 9.76. The summed E-state index contributed by atoms with van der Waals surface area (Å²) in [4.78, 5) is 33.7. The number of Topliss-reactive ketones (excluding diaryl/α,β-unsaturated/α-hetero) is 3. The SMILES string of the molecule is CCC(=O)C(C)(CCC(C)=O)C(C)=O. The van der Waals surface area contributed by atoms with Gasteiger partial charge in [-0.05, 0) is 27.2 Å². The van der Waals surface area contributed by atoms with E-state index in [9.17, 15) is 14.4 Å². The van der Waals surface area contributed by atoms with E-state index in [1.54, 1.807) is 13.8 Å². The van der Waals surface area contributed by atoms with Crippen LogP contribution in [0.25, 0.3) is 0 Å². The van der Waals surface area contributed by atoms with E-state index in [1.807, 2.05) is 0 Å². The molecule has 0 spiro atoms. The quantitative estimate of drug-likeness (QED) is 0.613. The highest BCUT2D eigenvalue weighted by atomic mass is 16.2. The Hall–Kier alpha value is -0.990. The summed E-state index contributed by atoms with van der Waals surface area (Å²) in [6, 6.07) is 0. The molecule has 0 amide bonds. The molecular formula is C11H18O3. The molecule has 0 fully saturated rings. The summed E-state index contributed by atoms with van der Waals surface area (Å²) in [6.07, 6.45) is 0.972. The van der Waals surface area contributed by atoms with E-state index >= 15 is 0 Å². The Labute approximate surface area is 84.9 Å². The van der Waals surface area contributed by atoms with Crippen molar-refractivity contribution in [1.82, 2.24) is 0 Å². The van der Waals surface area contributed by atoms with Crippen LogP contribution in [0.5, 0.6) is 0 Å². The zero-order valence-corrected chi connectivity index (χ0v) is 9.35. The van der Waals surface area contributed by atoms with Gasteiger partial charge in [0.25, 0.3) is 0 Å². The largest absolute Gasteiger partial charge is 0.300 e. The van der Waals surface area contributed by atoms with Gasteiger partial charge in [0.15, 0.2) is 0 Å². The van der Waals surface area contributed by atoms with Crippen LogP contribution in [0, 0.1) is 5.41 Å². The van der Waals surface area contributed by atoms with Crippen molar-refractivity contribution in [1.29, 1.82) is 0 Å². The smallest absolute Gasteiger partial charge is 0.145 e. The molecule has 3 nitrogen and oxygen atoms in total. The van der Waals surface area contributed by atoms with E-state index in [0.29, 0.717) is 19.3 Å². The Kier molecular flexibility index (Phi) is 4.68. The van der Waals surface area contributed by atoms with Crippen LogP contribution in [-0.2, 0) is 14.4 Å². The van der Waals surface area contributed by atoms with Crippen molar-refractivity contribution >= 4 is 17.3 Å². The summed E-state index contributed by atoms with van der Waals surface area (Å²) in [7, 11) is 0. The highest BCUT2D eigenvalue weighted by Gasteiger charge is 2.36. The van der Waals surface area contributed by atoms with E-state index in [1.165, 1.54) is 13.8 Å². The molecule has 0 aliphatic rings. The molecule has 0 rings (SSSR count). The average Bonchev–Trinajstić information content (AvgIpc) is 2.12. The van der Waals surface area contributed by atoms with Gasteiger partial charge >= 0.3 is 0 Å². The second-order valence-electron chi connectivity index (χ2n) is 3.87. The summed E-state index contributed by atoms with van der Waals surface area (Å²) in [5.74, 6) is -0.210. The fourth-order valence-corrected chi connectivity index (χ4v) is 1.33. The van der Waals surface area contributed by atoms with Gasteiger partial charge in [0.05, 0.1) is 5.41 Å². The second-order valence-corrected chi connectivity index (χ2v) is 3.87. The van der Waals surface area contributed by atoms with Crippen molar-refractivity contribution < 1.29 is 14.4 Å². The van der Waals surface area contributed by atoms with Crippen LogP contribution in [0.3, 0.4) is 0 Å². The van der Waals surface area contributed by atoms with Gasteiger partial charge in [0, 0.05) is 12.8 Å². The molecule has 0 heterocycles. The van der Waals surface area contributed by atoms with Gasteiger partial charge in [-0.25, -0.2) is 0 Å². The van der Waals surface area contributed by atoms with Gasteiger partial charge in [0.1, 0.15) is 17.3 Å². The molecule has 14 heavy (non-hydrogen) atoms. The average molecular weight is 198 g/mol. The van der Waals surface area contributed by atoms with E-state index in [-0.39, 0.29) is 17.3 Å². The Morgan fingerprint density at radius 1 is 1.14 bits per heavy atom. The Bertz CT molecular complexity index is 255. The molecule has 0 aromatic heterocycles. The van der Waals surface area contributed by atoms with Crippen molar-refractivity contribution in [2.45, 2.75) is 47.0 Å². The van der Waals surface area contributed by atoms with E-state index in [4.69, 9.17) is 0 Å². The fourth-order valence-electron chi connectivity index (χ4n) is 1.33. The third-order valence-electron chi connectivity index (χ3n) is 2.69. The first-order valence-corrected chi connectivity index (χ1v) is 4.88. The first-order valence-electron chi connectivity index (χ1n) is 4.88. The van der Waals surface area contributed by atoms with Crippen LogP contribution >= 0.6 is 0 Å². The molecule has 0 radical (unpaired) electrons. The van der Waals surface area contributed by atoms with Gasteiger partial charge in [0.2, 0.25) is 0 Å². The highest BCUT2D eigenvalue weighted by Crippen LogP contribution is 2.27. The molecule has 0 aliphatic carbocycles. The Morgan fingerprint density at radius 2 is 1.64 bits per heavy atom. The van der Waals surface area contributed by atoms with Crippen LogP contribution in [0.2, 0.25) is 0 Å². The predicted molar refractivity (Wildman–Crippen MR) is 54.0 cm³/mol. The van der Waals surface area contributed by atoms with Gasteiger partial charge in [-0.15, -0.1) is 0 Å². The second kappa shape index (κ2) is 5.03. The number of carbonyl (C=O) groups is 3. The van der Waals surface area contributed by atoms with Crippen LogP contribution < -0.4 is 0 Å². The molecule has 0 aliphatic heterocycles. The molecule has 0 aromatic rings. The normalized spacial score (nSPS) is 14.6. The zero-order valence-electron chi connectivity index (χ0n) is 9.35. The van der Waals surface area contributed by atoms with Crippen molar-refractivity contribution in [2.75, 3.05) is 0 Å². The summed E-state index contributed by atoms with van der Waals surface area (Å²) >= 11 is 0. The molecule has 0 N–H and O–H groups in total. The number of ketones is 3. The van der Waals surface area contributed by atoms with Crippen LogP contribution in [0.4, 0.5) is 0 Å². The minimum atomic E-state index is -0.958. The van der Waals surface area contributed by atoms with Crippen molar-refractivity contribution in [3.63, 3.8) is 0 Å². The van der Waals surface area contributed by atoms with Gasteiger partial charge < -0.3 is 4.79 Å². The number of hydrogen-bond donors (Lipinski definition) is 0. The third kappa shape index (κ3) is 3.05. The molecule has 0 aromatic carbocycles. The van der Waals surface area contributed by atoms with E-state index in [2.05, 4.69) is 0 Å². The molecule has 0 saturated heterocycles. The maximum absolute atomic E-state index is 11.6. The van der Waals surface area contributed by atoms with Crippen LogP contribution in [0.1, 0.15) is 47.0 Å². The molecule has 1 unspecified atom stereocenters. The molecule has 0 saturated carbocycles. The Morgan fingerprint density at radius 3 is 1.93 bits per heavy atom.